The van der Waals surface area contributed by atoms with E-state index in [2.05, 4.69) is 15.3 Å². The highest BCUT2D eigenvalue weighted by atomic mass is 16.3. The molecule has 0 aliphatic heterocycles. The fourth-order valence-electron chi connectivity index (χ4n) is 2.69. The molecular formula is C15H18N4O2. The molecule has 1 atom stereocenters. The van der Waals surface area contributed by atoms with Crippen LogP contribution in [0.3, 0.4) is 0 Å². The first-order valence-corrected chi connectivity index (χ1v) is 7.01. The summed E-state index contributed by atoms with van der Waals surface area (Å²) >= 11 is 0. The van der Waals surface area contributed by atoms with Gasteiger partial charge in [-0.2, -0.15) is 0 Å². The molecule has 0 aromatic carbocycles. The van der Waals surface area contributed by atoms with E-state index in [1.165, 1.54) is 0 Å². The third-order valence-corrected chi connectivity index (χ3v) is 3.96. The van der Waals surface area contributed by atoms with Crippen LogP contribution in [0.15, 0.2) is 36.9 Å². The number of aryl methyl sites for hydroxylation is 1. The van der Waals surface area contributed by atoms with E-state index in [-0.39, 0.29) is 24.0 Å². The number of aromatic nitrogens is 3. The molecule has 3 rings (SSSR count). The van der Waals surface area contributed by atoms with Crippen LogP contribution >= 0.6 is 0 Å². The van der Waals surface area contributed by atoms with Crippen LogP contribution in [0, 0.1) is 5.92 Å². The van der Waals surface area contributed by atoms with E-state index in [1.54, 1.807) is 30.3 Å². The predicted octanol–water partition coefficient (Wildman–Crippen LogP) is 1.06. The number of carbonyl (C=O) groups is 1. The van der Waals surface area contributed by atoms with Gasteiger partial charge in [0, 0.05) is 13.2 Å². The number of aliphatic hydroxyl groups is 1. The smallest absolute Gasteiger partial charge is 0.270 e. The van der Waals surface area contributed by atoms with Crippen LogP contribution in [-0.4, -0.2) is 31.7 Å². The van der Waals surface area contributed by atoms with Crippen molar-refractivity contribution in [3.8, 4) is 0 Å². The van der Waals surface area contributed by atoms with E-state index in [4.69, 9.17) is 0 Å². The van der Waals surface area contributed by atoms with Gasteiger partial charge in [-0.05, 0) is 30.9 Å². The zero-order chi connectivity index (χ0) is 14.8. The predicted molar refractivity (Wildman–Crippen MR) is 76.4 cm³/mol. The SMILES string of the molecule is Cn1cncc1C(=O)N[C@@H](c1ccccn1)C1CC(O)C1. The number of imidazole rings is 1. The van der Waals surface area contributed by atoms with Gasteiger partial charge in [-0.3, -0.25) is 9.78 Å². The number of amides is 1. The Balaban J connectivity index is 1.80. The number of hydrogen-bond acceptors (Lipinski definition) is 4. The molecule has 1 aliphatic rings. The first kappa shape index (κ1) is 13.8. The Morgan fingerprint density at radius 3 is 2.86 bits per heavy atom. The zero-order valence-corrected chi connectivity index (χ0v) is 11.8. The van der Waals surface area contributed by atoms with Crippen molar-refractivity contribution in [3.05, 3.63) is 48.3 Å². The number of aliphatic hydroxyl groups excluding tert-OH is 1. The number of rotatable bonds is 4. The molecule has 1 fully saturated rings. The maximum atomic E-state index is 12.4. The van der Waals surface area contributed by atoms with Crippen molar-refractivity contribution in [3.63, 3.8) is 0 Å². The molecule has 0 unspecified atom stereocenters. The molecule has 110 valence electrons. The molecule has 0 spiro atoms. The van der Waals surface area contributed by atoms with Gasteiger partial charge in [-0.25, -0.2) is 4.98 Å². The van der Waals surface area contributed by atoms with Crippen molar-refractivity contribution in [2.24, 2.45) is 13.0 Å². The number of pyridine rings is 1. The molecule has 1 aliphatic carbocycles. The number of nitrogens with zero attached hydrogens (tertiary/aromatic N) is 3. The minimum absolute atomic E-state index is 0.174. The van der Waals surface area contributed by atoms with Crippen molar-refractivity contribution in [1.82, 2.24) is 19.9 Å². The number of hydrogen-bond donors (Lipinski definition) is 2. The van der Waals surface area contributed by atoms with Crippen molar-refractivity contribution < 1.29 is 9.90 Å². The topological polar surface area (TPSA) is 80.0 Å². The molecular weight excluding hydrogens is 268 g/mol. The quantitative estimate of drug-likeness (QED) is 0.880. The normalized spacial score (nSPS) is 22.4. The average Bonchev–Trinajstić information content (AvgIpc) is 2.89. The lowest BCUT2D eigenvalue weighted by molar-refractivity contribution is 0.0227. The van der Waals surface area contributed by atoms with Crippen LogP contribution in [0.5, 0.6) is 0 Å². The summed E-state index contributed by atoms with van der Waals surface area (Å²) in [4.78, 5) is 20.7. The number of nitrogens with one attached hydrogen (secondary N) is 1. The minimum Gasteiger partial charge on any atom is -0.393 e. The molecule has 6 nitrogen and oxygen atoms in total. The molecule has 2 aromatic rings. The summed E-state index contributed by atoms with van der Waals surface area (Å²) in [7, 11) is 1.78. The lowest BCUT2D eigenvalue weighted by atomic mass is 9.76. The van der Waals surface area contributed by atoms with E-state index in [1.807, 2.05) is 18.2 Å². The first-order valence-electron chi connectivity index (χ1n) is 7.01. The van der Waals surface area contributed by atoms with Crippen molar-refractivity contribution in [1.29, 1.82) is 0 Å². The molecule has 0 bridgehead atoms. The van der Waals surface area contributed by atoms with E-state index >= 15 is 0 Å². The highest BCUT2D eigenvalue weighted by Gasteiger charge is 2.36. The van der Waals surface area contributed by atoms with Gasteiger partial charge >= 0.3 is 0 Å². The van der Waals surface area contributed by atoms with Gasteiger partial charge in [-0.1, -0.05) is 6.07 Å². The summed E-state index contributed by atoms with van der Waals surface area (Å²) in [6.07, 6.45) is 5.96. The van der Waals surface area contributed by atoms with Gasteiger partial charge in [0.2, 0.25) is 0 Å². The average molecular weight is 286 g/mol. The largest absolute Gasteiger partial charge is 0.393 e. The highest BCUT2D eigenvalue weighted by molar-refractivity contribution is 5.92. The molecule has 0 radical (unpaired) electrons. The molecule has 2 heterocycles. The van der Waals surface area contributed by atoms with E-state index < -0.39 is 0 Å². The van der Waals surface area contributed by atoms with E-state index in [0.29, 0.717) is 18.5 Å². The van der Waals surface area contributed by atoms with E-state index in [9.17, 15) is 9.90 Å². The van der Waals surface area contributed by atoms with Crippen molar-refractivity contribution in [2.45, 2.75) is 25.0 Å². The Bertz CT molecular complexity index is 620. The third-order valence-electron chi connectivity index (χ3n) is 3.96. The van der Waals surface area contributed by atoms with Gasteiger partial charge in [0.25, 0.3) is 5.91 Å². The second kappa shape index (κ2) is 5.65. The molecule has 1 amide bonds. The summed E-state index contributed by atoms with van der Waals surface area (Å²) in [5, 5.41) is 12.6. The Morgan fingerprint density at radius 1 is 1.48 bits per heavy atom. The van der Waals surface area contributed by atoms with Gasteiger partial charge in [-0.15, -0.1) is 0 Å². The van der Waals surface area contributed by atoms with Gasteiger partial charge < -0.3 is 15.0 Å². The maximum absolute atomic E-state index is 12.4. The maximum Gasteiger partial charge on any atom is 0.270 e. The summed E-state index contributed by atoms with van der Waals surface area (Å²) in [5.74, 6) is 0.0409. The Morgan fingerprint density at radius 2 is 2.29 bits per heavy atom. The molecule has 6 heteroatoms. The standard InChI is InChI=1S/C15H18N4O2/c1-19-9-16-8-13(19)15(21)18-14(10-6-11(20)7-10)12-4-2-3-5-17-12/h2-5,8-11,14,20H,6-7H2,1H3,(H,18,21)/t10?,11?,14-/m1/s1. The fraction of sp³-hybridized carbons (Fsp3) is 0.400. The summed E-state index contributed by atoms with van der Waals surface area (Å²) in [6, 6.07) is 5.47. The zero-order valence-electron chi connectivity index (χ0n) is 11.8. The van der Waals surface area contributed by atoms with Crippen LogP contribution < -0.4 is 5.32 Å². The van der Waals surface area contributed by atoms with Crippen LogP contribution in [0.4, 0.5) is 0 Å². The lowest BCUT2D eigenvalue weighted by Crippen LogP contribution is -2.42. The van der Waals surface area contributed by atoms with Crippen molar-refractivity contribution >= 4 is 5.91 Å². The summed E-state index contributed by atoms with van der Waals surface area (Å²) in [5.41, 5.74) is 1.33. The van der Waals surface area contributed by atoms with Crippen LogP contribution in [-0.2, 0) is 7.05 Å². The minimum atomic E-state index is -0.269. The molecule has 21 heavy (non-hydrogen) atoms. The van der Waals surface area contributed by atoms with Crippen LogP contribution in [0.25, 0.3) is 0 Å². The Kier molecular flexibility index (Phi) is 3.70. The molecule has 2 N–H and O–H groups in total. The Hall–Kier alpha value is -2.21. The molecule has 2 aromatic heterocycles. The first-order chi connectivity index (χ1) is 10.1. The van der Waals surface area contributed by atoms with Gasteiger partial charge in [0.1, 0.15) is 5.69 Å². The highest BCUT2D eigenvalue weighted by Crippen LogP contribution is 2.37. The van der Waals surface area contributed by atoms with Crippen molar-refractivity contribution in [2.75, 3.05) is 0 Å². The third kappa shape index (κ3) is 2.80. The van der Waals surface area contributed by atoms with Crippen LogP contribution in [0.2, 0.25) is 0 Å². The Labute approximate surface area is 122 Å². The lowest BCUT2D eigenvalue weighted by Gasteiger charge is -2.37. The second-order valence-electron chi connectivity index (χ2n) is 5.48. The second-order valence-corrected chi connectivity index (χ2v) is 5.48. The van der Waals surface area contributed by atoms with Gasteiger partial charge in [0.05, 0.1) is 30.4 Å². The van der Waals surface area contributed by atoms with Crippen LogP contribution in [0.1, 0.15) is 35.1 Å². The summed E-state index contributed by atoms with van der Waals surface area (Å²) in [6.45, 7) is 0. The molecule has 1 saturated carbocycles. The van der Waals surface area contributed by atoms with Gasteiger partial charge in [0.15, 0.2) is 0 Å². The number of carbonyl (C=O) groups excluding carboxylic acids is 1. The molecule has 0 saturated heterocycles. The monoisotopic (exact) mass is 286 g/mol. The fourth-order valence-corrected chi connectivity index (χ4v) is 2.69. The summed E-state index contributed by atoms with van der Waals surface area (Å²) < 4.78 is 1.68. The van der Waals surface area contributed by atoms with E-state index in [0.717, 1.165) is 5.69 Å².